The predicted octanol–water partition coefficient (Wildman–Crippen LogP) is 2.42. The lowest BCUT2D eigenvalue weighted by Crippen LogP contribution is -2.56. The Bertz CT molecular complexity index is 928. The number of hydrogen-bond acceptors (Lipinski definition) is 6. The second-order valence-electron chi connectivity index (χ2n) is 6.70. The van der Waals surface area contributed by atoms with Gasteiger partial charge in [-0.15, -0.1) is 11.3 Å². The Morgan fingerprint density at radius 1 is 1.41 bits per heavy atom. The molecular weight excluding hydrogens is 360 g/mol. The van der Waals surface area contributed by atoms with Crippen LogP contribution in [0.15, 0.2) is 42.7 Å². The van der Waals surface area contributed by atoms with Crippen LogP contribution in [0.3, 0.4) is 0 Å². The summed E-state index contributed by atoms with van der Waals surface area (Å²) >= 11 is 1.60. The SMILES string of the molecule is Cc1ccc2nc(CC(=O)N3CCNCC3COc3cccnc3)sc2c1. The molecule has 1 aliphatic heterocycles. The van der Waals surface area contributed by atoms with Gasteiger partial charge in [0.25, 0.3) is 0 Å². The van der Waals surface area contributed by atoms with Crippen LogP contribution in [-0.2, 0) is 11.2 Å². The number of amides is 1. The molecule has 3 heterocycles. The fourth-order valence-corrected chi connectivity index (χ4v) is 4.31. The highest BCUT2D eigenvalue weighted by atomic mass is 32.1. The maximum Gasteiger partial charge on any atom is 0.229 e. The van der Waals surface area contributed by atoms with E-state index in [1.807, 2.05) is 23.1 Å². The summed E-state index contributed by atoms with van der Waals surface area (Å²) in [7, 11) is 0. The lowest BCUT2D eigenvalue weighted by atomic mass is 10.2. The average Bonchev–Trinajstić information content (AvgIpc) is 3.08. The average molecular weight is 382 g/mol. The van der Waals surface area contributed by atoms with Gasteiger partial charge >= 0.3 is 0 Å². The maximum absolute atomic E-state index is 12.9. The van der Waals surface area contributed by atoms with Gasteiger partial charge < -0.3 is 15.0 Å². The van der Waals surface area contributed by atoms with Gasteiger partial charge in [-0.1, -0.05) is 6.07 Å². The molecule has 0 radical (unpaired) electrons. The van der Waals surface area contributed by atoms with Gasteiger partial charge in [0, 0.05) is 25.8 Å². The molecule has 2 aromatic heterocycles. The zero-order valence-corrected chi connectivity index (χ0v) is 16.0. The number of fused-ring (bicyclic) bond motifs is 1. The number of benzene rings is 1. The maximum atomic E-state index is 12.9. The molecule has 0 aliphatic carbocycles. The molecule has 4 rings (SSSR count). The normalized spacial score (nSPS) is 17.2. The molecule has 1 amide bonds. The molecule has 1 atom stereocenters. The van der Waals surface area contributed by atoms with Crippen molar-refractivity contribution in [3.05, 3.63) is 53.3 Å². The van der Waals surface area contributed by atoms with Crippen LogP contribution in [0.25, 0.3) is 10.2 Å². The summed E-state index contributed by atoms with van der Waals surface area (Å²) in [4.78, 5) is 23.5. The number of aryl methyl sites for hydroxylation is 1. The third-order valence-corrected chi connectivity index (χ3v) is 5.66. The van der Waals surface area contributed by atoms with E-state index in [4.69, 9.17) is 4.74 Å². The van der Waals surface area contributed by atoms with Crippen LogP contribution in [0.2, 0.25) is 0 Å². The first kappa shape index (κ1) is 17.9. The highest BCUT2D eigenvalue weighted by Crippen LogP contribution is 2.24. The molecule has 1 N–H and O–H groups in total. The van der Waals surface area contributed by atoms with E-state index >= 15 is 0 Å². The van der Waals surface area contributed by atoms with Crippen LogP contribution < -0.4 is 10.1 Å². The molecule has 1 fully saturated rings. The summed E-state index contributed by atoms with van der Waals surface area (Å²) in [5.74, 6) is 0.823. The van der Waals surface area contributed by atoms with E-state index in [0.29, 0.717) is 19.6 Å². The summed E-state index contributed by atoms with van der Waals surface area (Å²) < 4.78 is 6.96. The molecule has 27 heavy (non-hydrogen) atoms. The number of rotatable bonds is 5. The minimum Gasteiger partial charge on any atom is -0.490 e. The minimum absolute atomic E-state index is 0.00285. The van der Waals surface area contributed by atoms with Gasteiger partial charge in [0.2, 0.25) is 5.91 Å². The van der Waals surface area contributed by atoms with Crippen molar-refractivity contribution in [2.24, 2.45) is 0 Å². The van der Waals surface area contributed by atoms with Gasteiger partial charge in [-0.2, -0.15) is 0 Å². The van der Waals surface area contributed by atoms with Crippen LogP contribution in [0.1, 0.15) is 10.6 Å². The molecule has 0 bridgehead atoms. The van der Waals surface area contributed by atoms with E-state index in [1.54, 1.807) is 23.7 Å². The molecule has 1 aromatic carbocycles. The molecule has 6 nitrogen and oxygen atoms in total. The number of pyridine rings is 1. The molecule has 1 saturated heterocycles. The van der Waals surface area contributed by atoms with Crippen molar-refractivity contribution in [1.29, 1.82) is 0 Å². The van der Waals surface area contributed by atoms with Crippen LogP contribution in [0, 0.1) is 6.92 Å². The zero-order chi connectivity index (χ0) is 18.6. The van der Waals surface area contributed by atoms with E-state index in [0.717, 1.165) is 34.1 Å². The van der Waals surface area contributed by atoms with Gasteiger partial charge in [0.05, 0.1) is 28.9 Å². The number of nitrogens with zero attached hydrogens (tertiary/aromatic N) is 3. The van der Waals surface area contributed by atoms with Crippen LogP contribution in [0.5, 0.6) is 5.75 Å². The molecule has 1 aliphatic rings. The van der Waals surface area contributed by atoms with Crippen molar-refractivity contribution in [3.8, 4) is 5.75 Å². The monoisotopic (exact) mass is 382 g/mol. The first-order chi connectivity index (χ1) is 13.2. The number of thiazole rings is 1. The molecule has 0 saturated carbocycles. The number of ether oxygens (including phenoxy) is 1. The Morgan fingerprint density at radius 2 is 2.33 bits per heavy atom. The molecule has 7 heteroatoms. The molecular formula is C20H22N4O2S. The van der Waals surface area contributed by atoms with Crippen molar-refractivity contribution in [3.63, 3.8) is 0 Å². The number of carbonyl (C=O) groups excluding carboxylic acids is 1. The first-order valence-electron chi connectivity index (χ1n) is 9.08. The number of aromatic nitrogens is 2. The predicted molar refractivity (Wildman–Crippen MR) is 106 cm³/mol. The summed E-state index contributed by atoms with van der Waals surface area (Å²) in [5, 5.41) is 4.21. The highest BCUT2D eigenvalue weighted by Gasteiger charge is 2.27. The lowest BCUT2D eigenvalue weighted by Gasteiger charge is -2.36. The van der Waals surface area contributed by atoms with E-state index in [1.165, 1.54) is 5.56 Å². The standard InChI is InChI=1S/C20H22N4O2S/c1-14-4-5-17-18(9-14)27-19(23-17)10-20(25)24-8-7-22-11-15(24)13-26-16-3-2-6-21-12-16/h2-6,9,12,15,22H,7-8,10-11,13H2,1H3. The van der Waals surface area contributed by atoms with E-state index < -0.39 is 0 Å². The summed E-state index contributed by atoms with van der Waals surface area (Å²) in [6.45, 7) is 4.73. The van der Waals surface area contributed by atoms with Crippen molar-refractivity contribution in [2.75, 3.05) is 26.2 Å². The van der Waals surface area contributed by atoms with Gasteiger partial charge in [0.1, 0.15) is 17.4 Å². The smallest absolute Gasteiger partial charge is 0.229 e. The molecule has 1 unspecified atom stereocenters. The highest BCUT2D eigenvalue weighted by molar-refractivity contribution is 7.18. The Balaban J connectivity index is 1.43. The van der Waals surface area contributed by atoms with E-state index in [2.05, 4.69) is 34.3 Å². The zero-order valence-electron chi connectivity index (χ0n) is 15.2. The van der Waals surface area contributed by atoms with Crippen molar-refractivity contribution in [2.45, 2.75) is 19.4 Å². The Labute approximate surface area is 162 Å². The van der Waals surface area contributed by atoms with Crippen LogP contribution in [-0.4, -0.2) is 53.1 Å². The van der Waals surface area contributed by atoms with Gasteiger partial charge in [-0.25, -0.2) is 4.98 Å². The lowest BCUT2D eigenvalue weighted by molar-refractivity contribution is -0.134. The van der Waals surface area contributed by atoms with E-state index in [9.17, 15) is 4.79 Å². The number of nitrogens with one attached hydrogen (secondary N) is 1. The van der Waals surface area contributed by atoms with Crippen molar-refractivity contribution >= 4 is 27.5 Å². The van der Waals surface area contributed by atoms with Gasteiger partial charge in [-0.3, -0.25) is 9.78 Å². The quantitative estimate of drug-likeness (QED) is 0.734. The number of hydrogen-bond donors (Lipinski definition) is 1. The molecule has 0 spiro atoms. The largest absolute Gasteiger partial charge is 0.490 e. The molecule has 3 aromatic rings. The van der Waals surface area contributed by atoms with E-state index in [-0.39, 0.29) is 11.9 Å². The first-order valence-corrected chi connectivity index (χ1v) is 9.90. The Morgan fingerprint density at radius 3 is 3.19 bits per heavy atom. The van der Waals surface area contributed by atoms with Crippen LogP contribution >= 0.6 is 11.3 Å². The Hall–Kier alpha value is -2.51. The number of piperazine rings is 1. The summed E-state index contributed by atoms with van der Waals surface area (Å²) in [6, 6.07) is 9.91. The minimum atomic E-state index is 0.00285. The topological polar surface area (TPSA) is 67.4 Å². The Kier molecular flexibility index (Phi) is 5.31. The van der Waals surface area contributed by atoms with Crippen molar-refractivity contribution in [1.82, 2.24) is 20.2 Å². The van der Waals surface area contributed by atoms with Gasteiger partial charge in [-0.05, 0) is 36.8 Å². The summed E-state index contributed by atoms with van der Waals surface area (Å²) in [6.07, 6.45) is 3.73. The second kappa shape index (κ2) is 8.02. The van der Waals surface area contributed by atoms with Crippen molar-refractivity contribution < 1.29 is 9.53 Å². The van der Waals surface area contributed by atoms with Gasteiger partial charge in [0.15, 0.2) is 0 Å². The summed E-state index contributed by atoms with van der Waals surface area (Å²) in [5.41, 5.74) is 2.17. The fourth-order valence-electron chi connectivity index (χ4n) is 3.25. The third kappa shape index (κ3) is 4.26. The third-order valence-electron chi connectivity index (χ3n) is 4.64. The second-order valence-corrected chi connectivity index (χ2v) is 7.82. The fraction of sp³-hybridized carbons (Fsp3) is 0.350. The van der Waals surface area contributed by atoms with Crippen LogP contribution in [0.4, 0.5) is 0 Å². The molecule has 140 valence electrons. The number of carbonyl (C=O) groups is 1.